The molecule has 1 aliphatic rings. The molecule has 0 aliphatic carbocycles. The Bertz CT molecular complexity index is 453. The summed E-state index contributed by atoms with van der Waals surface area (Å²) in [5, 5.41) is 9.19. The number of hydrogen-bond acceptors (Lipinski definition) is 2. The molecule has 0 radical (unpaired) electrons. The summed E-state index contributed by atoms with van der Waals surface area (Å²) in [5.41, 5.74) is 0.921. The number of rotatable bonds is 3. The molecule has 1 heterocycles. The Hall–Kier alpha value is -0.940. The lowest BCUT2D eigenvalue weighted by Crippen LogP contribution is -2.44. The zero-order chi connectivity index (χ0) is 13.1. The zero-order valence-corrected chi connectivity index (χ0v) is 11.5. The number of likely N-dealkylation sites (tertiary alicyclic amines) is 1. The molecular formula is C13H15BrFNO2. The molecule has 1 aromatic carbocycles. The van der Waals surface area contributed by atoms with Crippen molar-refractivity contribution in [2.45, 2.75) is 31.8 Å². The molecule has 1 N–H and O–H groups in total. The average molecular weight is 316 g/mol. The highest BCUT2D eigenvalue weighted by Gasteiger charge is 2.28. The molecule has 1 saturated heterocycles. The third-order valence-electron chi connectivity index (χ3n) is 3.29. The van der Waals surface area contributed by atoms with Gasteiger partial charge in [-0.05, 0) is 37.1 Å². The Kier molecular flexibility index (Phi) is 4.35. The minimum Gasteiger partial charge on any atom is -0.480 e. The van der Waals surface area contributed by atoms with Crippen molar-refractivity contribution in [2.75, 3.05) is 6.54 Å². The van der Waals surface area contributed by atoms with Crippen LogP contribution in [0.5, 0.6) is 0 Å². The molecule has 2 rings (SSSR count). The Balaban J connectivity index is 2.13. The van der Waals surface area contributed by atoms with Gasteiger partial charge in [-0.25, -0.2) is 4.39 Å². The number of hydrogen-bond donors (Lipinski definition) is 1. The van der Waals surface area contributed by atoms with Crippen LogP contribution in [0.4, 0.5) is 4.39 Å². The standard InChI is InChI=1S/C13H15BrFNO2/c14-11-7-10(15)5-4-9(11)8-16-6-2-1-3-12(16)13(17)18/h4-5,7,12H,1-3,6,8H2,(H,17,18). The van der Waals surface area contributed by atoms with E-state index < -0.39 is 12.0 Å². The van der Waals surface area contributed by atoms with Gasteiger partial charge in [-0.15, -0.1) is 0 Å². The Morgan fingerprint density at radius 2 is 2.28 bits per heavy atom. The van der Waals surface area contributed by atoms with Gasteiger partial charge in [-0.2, -0.15) is 0 Å². The largest absolute Gasteiger partial charge is 0.480 e. The summed E-state index contributed by atoms with van der Waals surface area (Å²) in [5.74, 6) is -1.06. The predicted molar refractivity (Wildman–Crippen MR) is 69.8 cm³/mol. The minimum atomic E-state index is -0.770. The summed E-state index contributed by atoms with van der Waals surface area (Å²) in [6.07, 6.45) is 2.66. The number of benzene rings is 1. The first kappa shape index (κ1) is 13.5. The van der Waals surface area contributed by atoms with E-state index in [1.165, 1.54) is 12.1 Å². The maximum atomic E-state index is 13.0. The maximum Gasteiger partial charge on any atom is 0.320 e. The molecule has 1 unspecified atom stereocenters. The first-order chi connectivity index (χ1) is 8.58. The summed E-state index contributed by atoms with van der Waals surface area (Å²) in [7, 11) is 0. The van der Waals surface area contributed by atoms with E-state index in [9.17, 15) is 14.3 Å². The van der Waals surface area contributed by atoms with Crippen molar-refractivity contribution in [3.05, 3.63) is 34.1 Å². The van der Waals surface area contributed by atoms with Gasteiger partial charge in [0, 0.05) is 11.0 Å². The van der Waals surface area contributed by atoms with Crippen molar-refractivity contribution in [1.82, 2.24) is 4.90 Å². The lowest BCUT2D eigenvalue weighted by atomic mass is 10.0. The molecule has 3 nitrogen and oxygen atoms in total. The highest BCUT2D eigenvalue weighted by atomic mass is 79.9. The van der Waals surface area contributed by atoms with Crippen LogP contribution < -0.4 is 0 Å². The minimum absolute atomic E-state index is 0.293. The van der Waals surface area contributed by atoms with Crippen LogP contribution in [-0.2, 0) is 11.3 Å². The van der Waals surface area contributed by atoms with Crippen LogP contribution in [0, 0.1) is 5.82 Å². The molecule has 98 valence electrons. The monoisotopic (exact) mass is 315 g/mol. The van der Waals surface area contributed by atoms with E-state index in [0.29, 0.717) is 17.4 Å². The van der Waals surface area contributed by atoms with Crippen molar-refractivity contribution in [2.24, 2.45) is 0 Å². The molecule has 1 atom stereocenters. The summed E-state index contributed by atoms with van der Waals surface area (Å²) < 4.78 is 13.7. The predicted octanol–water partition coefficient (Wildman–Crippen LogP) is 3.03. The lowest BCUT2D eigenvalue weighted by Gasteiger charge is -2.33. The van der Waals surface area contributed by atoms with E-state index in [0.717, 1.165) is 24.9 Å². The number of aliphatic carboxylic acids is 1. The number of piperidine rings is 1. The quantitative estimate of drug-likeness (QED) is 0.932. The molecule has 0 saturated carbocycles. The van der Waals surface area contributed by atoms with Gasteiger partial charge in [-0.3, -0.25) is 9.69 Å². The van der Waals surface area contributed by atoms with Gasteiger partial charge in [0.25, 0.3) is 0 Å². The first-order valence-electron chi connectivity index (χ1n) is 5.98. The number of carbonyl (C=O) groups is 1. The molecular weight excluding hydrogens is 301 g/mol. The van der Waals surface area contributed by atoms with Gasteiger partial charge in [0.2, 0.25) is 0 Å². The molecule has 5 heteroatoms. The van der Waals surface area contributed by atoms with Gasteiger partial charge in [0.05, 0.1) is 0 Å². The van der Waals surface area contributed by atoms with Crippen molar-refractivity contribution in [3.8, 4) is 0 Å². The second-order valence-electron chi connectivity index (χ2n) is 4.56. The number of halogens is 2. The van der Waals surface area contributed by atoms with Crippen LogP contribution >= 0.6 is 15.9 Å². The summed E-state index contributed by atoms with van der Waals surface area (Å²) in [4.78, 5) is 13.1. The van der Waals surface area contributed by atoms with Crippen molar-refractivity contribution < 1.29 is 14.3 Å². The highest BCUT2D eigenvalue weighted by Crippen LogP contribution is 2.24. The second kappa shape index (κ2) is 5.80. The van der Waals surface area contributed by atoms with Crippen LogP contribution in [0.2, 0.25) is 0 Å². The van der Waals surface area contributed by atoms with E-state index in [1.54, 1.807) is 6.07 Å². The third-order valence-corrected chi connectivity index (χ3v) is 4.03. The Morgan fingerprint density at radius 3 is 2.94 bits per heavy atom. The normalized spacial score (nSPS) is 20.9. The molecule has 0 spiro atoms. The van der Waals surface area contributed by atoms with Gasteiger partial charge in [0.15, 0.2) is 0 Å². The van der Waals surface area contributed by atoms with Crippen molar-refractivity contribution in [1.29, 1.82) is 0 Å². The molecule has 18 heavy (non-hydrogen) atoms. The van der Waals surface area contributed by atoms with E-state index >= 15 is 0 Å². The smallest absolute Gasteiger partial charge is 0.320 e. The van der Waals surface area contributed by atoms with Crippen molar-refractivity contribution >= 4 is 21.9 Å². The Morgan fingerprint density at radius 1 is 1.50 bits per heavy atom. The van der Waals surface area contributed by atoms with Gasteiger partial charge < -0.3 is 5.11 Å². The fourth-order valence-electron chi connectivity index (χ4n) is 2.33. The number of carboxylic acid groups (broad SMARTS) is 1. The number of nitrogens with zero attached hydrogens (tertiary/aromatic N) is 1. The fourth-order valence-corrected chi connectivity index (χ4v) is 2.80. The van der Waals surface area contributed by atoms with Crippen LogP contribution in [0.3, 0.4) is 0 Å². The third kappa shape index (κ3) is 3.09. The van der Waals surface area contributed by atoms with Crippen LogP contribution in [-0.4, -0.2) is 28.6 Å². The first-order valence-corrected chi connectivity index (χ1v) is 6.78. The van der Waals surface area contributed by atoms with Gasteiger partial charge in [0.1, 0.15) is 11.9 Å². The molecule has 0 amide bonds. The van der Waals surface area contributed by atoms with E-state index in [4.69, 9.17) is 0 Å². The molecule has 1 fully saturated rings. The number of carboxylic acids is 1. The van der Waals surface area contributed by atoms with E-state index in [2.05, 4.69) is 15.9 Å². The maximum absolute atomic E-state index is 13.0. The highest BCUT2D eigenvalue weighted by molar-refractivity contribution is 9.10. The van der Waals surface area contributed by atoms with Gasteiger partial charge in [-0.1, -0.05) is 28.4 Å². The van der Waals surface area contributed by atoms with E-state index in [1.807, 2.05) is 4.90 Å². The van der Waals surface area contributed by atoms with Crippen LogP contribution in [0.25, 0.3) is 0 Å². The van der Waals surface area contributed by atoms with Gasteiger partial charge >= 0.3 is 5.97 Å². The molecule has 1 aromatic rings. The molecule has 1 aliphatic heterocycles. The Labute approximate surface area is 114 Å². The summed E-state index contributed by atoms with van der Waals surface area (Å²) in [6.45, 7) is 1.32. The second-order valence-corrected chi connectivity index (χ2v) is 5.41. The topological polar surface area (TPSA) is 40.5 Å². The summed E-state index contributed by atoms with van der Waals surface area (Å²) in [6, 6.07) is 4.10. The summed E-state index contributed by atoms with van der Waals surface area (Å²) >= 11 is 3.32. The van der Waals surface area contributed by atoms with Crippen molar-refractivity contribution in [3.63, 3.8) is 0 Å². The fraction of sp³-hybridized carbons (Fsp3) is 0.462. The lowest BCUT2D eigenvalue weighted by molar-refractivity contribution is -0.144. The molecule has 0 bridgehead atoms. The zero-order valence-electron chi connectivity index (χ0n) is 9.90. The van der Waals surface area contributed by atoms with Crippen LogP contribution in [0.1, 0.15) is 24.8 Å². The SMILES string of the molecule is O=C(O)C1CCCCN1Cc1ccc(F)cc1Br. The van der Waals surface area contributed by atoms with Crippen LogP contribution in [0.15, 0.2) is 22.7 Å². The molecule has 0 aromatic heterocycles. The van der Waals surface area contributed by atoms with E-state index in [-0.39, 0.29) is 5.82 Å². The average Bonchev–Trinajstić information content (AvgIpc) is 2.33.